The zero-order chi connectivity index (χ0) is 11.5. The molecule has 0 amide bonds. The van der Waals surface area contributed by atoms with Gasteiger partial charge < -0.3 is 5.11 Å². The van der Waals surface area contributed by atoms with Crippen LogP contribution in [-0.2, 0) is 0 Å². The second-order valence-electron chi connectivity index (χ2n) is 2.74. The van der Waals surface area contributed by atoms with Crippen molar-refractivity contribution >= 4 is 51.7 Å². The lowest BCUT2D eigenvalue weighted by Crippen LogP contribution is -1.90. The standard InChI is InChI=1S/C9H5IN2O2S2/c10-5-2-11-9(12-3-5)16-6-1-7(8(13)14)15-4-6/h1-4H,(H,13,14). The fourth-order valence-electron chi connectivity index (χ4n) is 0.943. The van der Waals surface area contributed by atoms with Crippen molar-refractivity contribution in [3.63, 3.8) is 0 Å². The number of aromatic nitrogens is 2. The maximum absolute atomic E-state index is 10.7. The van der Waals surface area contributed by atoms with Gasteiger partial charge in [-0.05, 0) is 40.4 Å². The minimum Gasteiger partial charge on any atom is -0.477 e. The third-order valence-corrected chi connectivity index (χ3v) is 4.08. The maximum atomic E-state index is 10.7. The van der Waals surface area contributed by atoms with E-state index in [0.717, 1.165) is 8.47 Å². The molecule has 2 aromatic rings. The fraction of sp³-hybridized carbons (Fsp3) is 0. The molecule has 7 heteroatoms. The van der Waals surface area contributed by atoms with Crippen LogP contribution in [0.5, 0.6) is 0 Å². The number of rotatable bonds is 3. The average Bonchev–Trinajstić information content (AvgIpc) is 2.70. The van der Waals surface area contributed by atoms with Gasteiger partial charge in [0, 0.05) is 26.2 Å². The van der Waals surface area contributed by atoms with Crippen molar-refractivity contribution in [3.05, 3.63) is 32.3 Å². The van der Waals surface area contributed by atoms with Gasteiger partial charge in [0.1, 0.15) is 4.88 Å². The molecular formula is C9H5IN2O2S2. The number of hydrogen-bond acceptors (Lipinski definition) is 5. The molecule has 0 saturated carbocycles. The number of nitrogens with zero attached hydrogens (tertiary/aromatic N) is 2. The van der Waals surface area contributed by atoms with Gasteiger partial charge in [0.15, 0.2) is 5.16 Å². The van der Waals surface area contributed by atoms with Gasteiger partial charge >= 0.3 is 5.97 Å². The number of hydrogen-bond donors (Lipinski definition) is 1. The lowest BCUT2D eigenvalue weighted by atomic mass is 10.5. The molecule has 0 unspecified atom stereocenters. The molecule has 0 radical (unpaired) electrons. The van der Waals surface area contributed by atoms with E-state index in [1.54, 1.807) is 23.8 Å². The minimum absolute atomic E-state index is 0.327. The number of carboxylic acids is 1. The Balaban J connectivity index is 2.14. The third-order valence-electron chi connectivity index (χ3n) is 1.59. The predicted octanol–water partition coefficient (Wildman–Crippen LogP) is 2.99. The Morgan fingerprint density at radius 3 is 2.69 bits per heavy atom. The lowest BCUT2D eigenvalue weighted by molar-refractivity contribution is 0.0702. The summed E-state index contributed by atoms with van der Waals surface area (Å²) in [5, 5.41) is 11.2. The third kappa shape index (κ3) is 2.92. The van der Waals surface area contributed by atoms with E-state index in [-0.39, 0.29) is 0 Å². The van der Waals surface area contributed by atoms with Crippen LogP contribution in [0.1, 0.15) is 9.67 Å². The van der Waals surface area contributed by atoms with Crippen molar-refractivity contribution in [1.29, 1.82) is 0 Å². The summed E-state index contributed by atoms with van der Waals surface area (Å²) in [4.78, 5) is 20.1. The average molecular weight is 364 g/mol. The summed E-state index contributed by atoms with van der Waals surface area (Å²) in [6, 6.07) is 1.62. The molecule has 0 atom stereocenters. The Morgan fingerprint density at radius 2 is 2.12 bits per heavy atom. The van der Waals surface area contributed by atoms with E-state index >= 15 is 0 Å². The van der Waals surface area contributed by atoms with Crippen LogP contribution < -0.4 is 0 Å². The minimum atomic E-state index is -0.902. The van der Waals surface area contributed by atoms with E-state index in [1.165, 1.54) is 23.1 Å². The van der Waals surface area contributed by atoms with Gasteiger partial charge in [-0.1, -0.05) is 0 Å². The summed E-state index contributed by atoms with van der Waals surface area (Å²) in [6.07, 6.45) is 3.45. The summed E-state index contributed by atoms with van der Waals surface area (Å²) in [5.41, 5.74) is 0. The molecule has 0 spiro atoms. The van der Waals surface area contributed by atoms with Crippen molar-refractivity contribution in [1.82, 2.24) is 9.97 Å². The van der Waals surface area contributed by atoms with Gasteiger partial charge in [0.05, 0.1) is 0 Å². The number of aromatic carboxylic acids is 1. The molecule has 82 valence electrons. The highest BCUT2D eigenvalue weighted by molar-refractivity contribution is 14.1. The summed E-state index contributed by atoms with van der Waals surface area (Å²) >= 11 is 4.69. The largest absolute Gasteiger partial charge is 0.477 e. The van der Waals surface area contributed by atoms with Crippen molar-refractivity contribution < 1.29 is 9.90 Å². The van der Waals surface area contributed by atoms with Gasteiger partial charge in [-0.2, -0.15) is 0 Å². The van der Waals surface area contributed by atoms with E-state index in [0.29, 0.717) is 10.0 Å². The van der Waals surface area contributed by atoms with Crippen LogP contribution in [-0.4, -0.2) is 21.0 Å². The molecular weight excluding hydrogens is 359 g/mol. The lowest BCUT2D eigenvalue weighted by Gasteiger charge is -1.95. The van der Waals surface area contributed by atoms with Gasteiger partial charge in [0.25, 0.3) is 0 Å². The second-order valence-corrected chi connectivity index (χ2v) is 5.94. The highest BCUT2D eigenvalue weighted by atomic mass is 127. The first-order chi connectivity index (χ1) is 7.65. The first-order valence-corrected chi connectivity index (χ1v) is 6.90. The highest BCUT2D eigenvalue weighted by Gasteiger charge is 2.08. The van der Waals surface area contributed by atoms with Gasteiger partial charge in [-0.25, -0.2) is 14.8 Å². The van der Waals surface area contributed by atoms with E-state index in [1.807, 2.05) is 0 Å². The number of thiophene rings is 1. The van der Waals surface area contributed by atoms with Crippen LogP contribution >= 0.6 is 45.7 Å². The quantitative estimate of drug-likeness (QED) is 0.670. The fourth-order valence-corrected chi connectivity index (χ4v) is 2.84. The van der Waals surface area contributed by atoms with Gasteiger partial charge in [-0.3, -0.25) is 0 Å². The van der Waals surface area contributed by atoms with E-state index in [9.17, 15) is 4.79 Å². The molecule has 4 nitrogen and oxygen atoms in total. The number of carbonyl (C=O) groups is 1. The highest BCUT2D eigenvalue weighted by Crippen LogP contribution is 2.28. The zero-order valence-electron chi connectivity index (χ0n) is 7.75. The Kier molecular flexibility index (Phi) is 3.77. The molecule has 0 aliphatic carbocycles. The monoisotopic (exact) mass is 364 g/mol. The summed E-state index contributed by atoms with van der Waals surface area (Å²) in [6.45, 7) is 0. The van der Waals surface area contributed by atoms with Crippen LogP contribution in [0, 0.1) is 3.57 Å². The SMILES string of the molecule is O=C(O)c1cc(Sc2ncc(I)cn2)cs1. The van der Waals surface area contributed by atoms with Crippen LogP contribution in [0.15, 0.2) is 33.9 Å². The summed E-state index contributed by atoms with van der Waals surface area (Å²) in [5.74, 6) is -0.902. The van der Waals surface area contributed by atoms with Crippen molar-refractivity contribution in [2.24, 2.45) is 0 Å². The summed E-state index contributed by atoms with van der Waals surface area (Å²) in [7, 11) is 0. The van der Waals surface area contributed by atoms with E-state index < -0.39 is 5.97 Å². The van der Waals surface area contributed by atoms with Crippen molar-refractivity contribution in [2.45, 2.75) is 10.1 Å². The van der Waals surface area contributed by atoms with Gasteiger partial charge in [0.2, 0.25) is 0 Å². The molecule has 1 N–H and O–H groups in total. The number of carboxylic acid groups (broad SMARTS) is 1. The number of halogens is 1. The van der Waals surface area contributed by atoms with Crippen molar-refractivity contribution in [2.75, 3.05) is 0 Å². The zero-order valence-corrected chi connectivity index (χ0v) is 11.5. The molecule has 0 aromatic carbocycles. The van der Waals surface area contributed by atoms with Crippen LogP contribution in [0.2, 0.25) is 0 Å². The molecule has 0 saturated heterocycles. The molecule has 2 rings (SSSR count). The Bertz CT molecular complexity index is 512. The molecule has 0 fully saturated rings. The molecule has 2 aromatic heterocycles. The smallest absolute Gasteiger partial charge is 0.345 e. The first kappa shape index (κ1) is 11.8. The van der Waals surface area contributed by atoms with Crippen LogP contribution in [0.25, 0.3) is 0 Å². The van der Waals surface area contributed by atoms with Gasteiger partial charge in [-0.15, -0.1) is 11.3 Å². The first-order valence-electron chi connectivity index (χ1n) is 4.12. The van der Waals surface area contributed by atoms with E-state index in [2.05, 4.69) is 32.6 Å². The van der Waals surface area contributed by atoms with Crippen molar-refractivity contribution in [3.8, 4) is 0 Å². The molecule has 2 heterocycles. The predicted molar refractivity (Wildman–Crippen MR) is 70.2 cm³/mol. The molecule has 16 heavy (non-hydrogen) atoms. The Morgan fingerprint density at radius 1 is 1.44 bits per heavy atom. The Hall–Kier alpha value is -0.670. The molecule has 0 aliphatic rings. The van der Waals surface area contributed by atoms with E-state index in [4.69, 9.17) is 5.11 Å². The second kappa shape index (κ2) is 5.11. The van der Waals surface area contributed by atoms with Crippen LogP contribution in [0.4, 0.5) is 0 Å². The summed E-state index contributed by atoms with van der Waals surface area (Å²) < 4.78 is 0.971. The normalized spacial score (nSPS) is 10.3. The Labute approximate surface area is 113 Å². The van der Waals surface area contributed by atoms with Crippen LogP contribution in [0.3, 0.4) is 0 Å². The molecule has 0 bridgehead atoms. The topological polar surface area (TPSA) is 63.1 Å². The molecule has 0 aliphatic heterocycles. The maximum Gasteiger partial charge on any atom is 0.345 e.